The third kappa shape index (κ3) is 6.67. The van der Waals surface area contributed by atoms with Crippen LogP contribution in [0.3, 0.4) is 0 Å². The van der Waals surface area contributed by atoms with E-state index in [1.165, 1.54) is 0 Å². The van der Waals surface area contributed by atoms with Gasteiger partial charge >= 0.3 is 0 Å². The van der Waals surface area contributed by atoms with E-state index in [0.717, 1.165) is 6.42 Å². The highest BCUT2D eigenvalue weighted by molar-refractivity contribution is 7.91. The van der Waals surface area contributed by atoms with Gasteiger partial charge in [-0.05, 0) is 11.8 Å². The largest absolute Gasteiger partial charge is 0.385 e. The molecule has 0 radical (unpaired) electrons. The van der Waals surface area contributed by atoms with Gasteiger partial charge < -0.3 is 15.4 Å². The third-order valence-electron chi connectivity index (χ3n) is 3.48. The summed E-state index contributed by atoms with van der Waals surface area (Å²) in [5, 5.41) is 5.95. The van der Waals surface area contributed by atoms with Gasteiger partial charge in [-0.1, -0.05) is 13.8 Å². The van der Waals surface area contributed by atoms with E-state index in [1.807, 2.05) is 0 Å². The van der Waals surface area contributed by atoms with Crippen LogP contribution < -0.4 is 10.6 Å². The van der Waals surface area contributed by atoms with Crippen molar-refractivity contribution in [2.24, 2.45) is 5.41 Å². The molecule has 118 valence electrons. The van der Waals surface area contributed by atoms with Gasteiger partial charge in [-0.15, -0.1) is 0 Å². The quantitative estimate of drug-likeness (QED) is 0.688. The van der Waals surface area contributed by atoms with Crippen molar-refractivity contribution in [2.75, 3.05) is 38.3 Å². The van der Waals surface area contributed by atoms with Gasteiger partial charge in [0.15, 0.2) is 9.84 Å². The molecule has 1 atom stereocenters. The van der Waals surface area contributed by atoms with Gasteiger partial charge in [-0.2, -0.15) is 0 Å². The predicted molar refractivity (Wildman–Crippen MR) is 78.3 cm³/mol. The van der Waals surface area contributed by atoms with Crippen LogP contribution in [0.5, 0.6) is 0 Å². The van der Waals surface area contributed by atoms with Crippen molar-refractivity contribution in [3.8, 4) is 0 Å². The molecule has 1 amide bonds. The average molecular weight is 306 g/mol. The lowest BCUT2D eigenvalue weighted by molar-refractivity contribution is -0.122. The summed E-state index contributed by atoms with van der Waals surface area (Å²) in [4.78, 5) is 11.9. The molecular formula is C13H26N2O4S. The van der Waals surface area contributed by atoms with Gasteiger partial charge in [0.2, 0.25) is 5.91 Å². The van der Waals surface area contributed by atoms with E-state index < -0.39 is 9.84 Å². The number of carbonyl (C=O) groups is 1. The molecule has 1 fully saturated rings. The molecule has 20 heavy (non-hydrogen) atoms. The maximum atomic E-state index is 11.9. The monoisotopic (exact) mass is 306 g/mol. The number of nitrogens with one attached hydrogen (secondary N) is 2. The summed E-state index contributed by atoms with van der Waals surface area (Å²) in [6.07, 6.45) is 1.07. The number of ether oxygens (including phenoxy) is 1. The standard InChI is InChI=1S/C13H26N2O4S/c1-13(2,4-6-19-3)10-15-12(16)8-11-9-20(17,18)7-5-14-11/h11,14H,4-10H2,1-3H3,(H,15,16). The summed E-state index contributed by atoms with van der Waals surface area (Å²) in [5.41, 5.74) is -0.0300. The summed E-state index contributed by atoms with van der Waals surface area (Å²) in [5.74, 6) is 0.105. The lowest BCUT2D eigenvalue weighted by Gasteiger charge is -2.26. The predicted octanol–water partition coefficient (Wildman–Crippen LogP) is -0.0580. The minimum absolute atomic E-state index is 0.0300. The lowest BCUT2D eigenvalue weighted by atomic mass is 9.89. The maximum Gasteiger partial charge on any atom is 0.221 e. The van der Waals surface area contributed by atoms with E-state index in [2.05, 4.69) is 24.5 Å². The zero-order valence-corrected chi connectivity index (χ0v) is 13.4. The van der Waals surface area contributed by atoms with Crippen molar-refractivity contribution in [1.82, 2.24) is 10.6 Å². The maximum absolute atomic E-state index is 11.9. The molecule has 0 saturated carbocycles. The second-order valence-corrected chi connectivity index (χ2v) is 8.38. The topological polar surface area (TPSA) is 84.5 Å². The fourth-order valence-corrected chi connectivity index (χ4v) is 3.54. The Morgan fingerprint density at radius 2 is 2.15 bits per heavy atom. The summed E-state index contributed by atoms with van der Waals surface area (Å²) < 4.78 is 28.0. The Bertz CT molecular complexity index is 420. The number of hydrogen-bond acceptors (Lipinski definition) is 5. The van der Waals surface area contributed by atoms with Crippen LogP contribution >= 0.6 is 0 Å². The fourth-order valence-electron chi connectivity index (χ4n) is 2.10. The van der Waals surface area contributed by atoms with Crippen molar-refractivity contribution >= 4 is 15.7 Å². The average Bonchev–Trinajstić information content (AvgIpc) is 2.33. The van der Waals surface area contributed by atoms with Crippen molar-refractivity contribution in [2.45, 2.75) is 32.7 Å². The number of hydrogen-bond donors (Lipinski definition) is 2. The van der Waals surface area contributed by atoms with Gasteiger partial charge in [0, 0.05) is 39.3 Å². The normalized spacial score (nSPS) is 22.4. The molecule has 1 rings (SSSR count). The first-order valence-electron chi connectivity index (χ1n) is 6.93. The van der Waals surface area contributed by atoms with Crippen LogP contribution in [0.15, 0.2) is 0 Å². The fraction of sp³-hybridized carbons (Fsp3) is 0.923. The first-order chi connectivity index (χ1) is 9.24. The summed E-state index contributed by atoms with van der Waals surface area (Å²) in [6.45, 7) is 5.78. The van der Waals surface area contributed by atoms with Crippen molar-refractivity contribution in [1.29, 1.82) is 0 Å². The Hall–Kier alpha value is -0.660. The van der Waals surface area contributed by atoms with Crippen molar-refractivity contribution in [3.63, 3.8) is 0 Å². The zero-order valence-electron chi connectivity index (χ0n) is 12.6. The molecule has 7 heteroatoms. The van der Waals surface area contributed by atoms with Crippen LogP contribution in [0.25, 0.3) is 0 Å². The second kappa shape index (κ2) is 7.38. The van der Waals surface area contributed by atoms with Gasteiger partial charge in [-0.3, -0.25) is 4.79 Å². The first-order valence-corrected chi connectivity index (χ1v) is 8.76. The number of rotatable bonds is 7. The molecule has 2 N–H and O–H groups in total. The minimum atomic E-state index is -2.99. The van der Waals surface area contributed by atoms with Gasteiger partial charge in [0.25, 0.3) is 0 Å². The van der Waals surface area contributed by atoms with E-state index in [9.17, 15) is 13.2 Å². The summed E-state index contributed by atoms with van der Waals surface area (Å²) in [7, 11) is -1.34. The van der Waals surface area contributed by atoms with Gasteiger partial charge in [0.1, 0.15) is 0 Å². The van der Waals surface area contributed by atoms with Crippen LogP contribution in [-0.4, -0.2) is 58.7 Å². The smallest absolute Gasteiger partial charge is 0.221 e. The SMILES string of the molecule is COCCC(C)(C)CNC(=O)CC1CS(=O)(=O)CCN1. The van der Waals surface area contributed by atoms with Crippen molar-refractivity contribution < 1.29 is 17.9 Å². The molecule has 1 heterocycles. The molecule has 1 aliphatic rings. The van der Waals surface area contributed by atoms with Crippen LogP contribution in [0.1, 0.15) is 26.7 Å². The summed E-state index contributed by atoms with van der Waals surface area (Å²) in [6, 6.07) is -0.268. The molecular weight excluding hydrogens is 280 g/mol. The molecule has 0 aromatic heterocycles. The Morgan fingerprint density at radius 3 is 2.75 bits per heavy atom. The second-order valence-electron chi connectivity index (χ2n) is 6.15. The highest BCUT2D eigenvalue weighted by Crippen LogP contribution is 2.18. The Balaban J connectivity index is 2.33. The highest BCUT2D eigenvalue weighted by atomic mass is 32.2. The van der Waals surface area contributed by atoms with Crippen LogP contribution in [-0.2, 0) is 19.4 Å². The third-order valence-corrected chi connectivity index (χ3v) is 5.22. The van der Waals surface area contributed by atoms with E-state index in [4.69, 9.17) is 4.74 Å². The molecule has 0 bridgehead atoms. The zero-order chi connectivity index (χ0) is 15.2. The first kappa shape index (κ1) is 17.4. The van der Waals surface area contributed by atoms with Crippen molar-refractivity contribution in [3.05, 3.63) is 0 Å². The van der Waals surface area contributed by atoms with Gasteiger partial charge in [-0.25, -0.2) is 8.42 Å². The van der Waals surface area contributed by atoms with Gasteiger partial charge in [0.05, 0.1) is 11.5 Å². The van der Waals surface area contributed by atoms with E-state index >= 15 is 0 Å². The highest BCUT2D eigenvalue weighted by Gasteiger charge is 2.26. The van der Waals surface area contributed by atoms with E-state index in [-0.39, 0.29) is 35.3 Å². The number of sulfone groups is 1. The molecule has 0 aliphatic carbocycles. The molecule has 0 aromatic carbocycles. The number of methoxy groups -OCH3 is 1. The van der Waals surface area contributed by atoms with Crippen LogP contribution in [0.2, 0.25) is 0 Å². The van der Waals surface area contributed by atoms with Crippen LogP contribution in [0, 0.1) is 5.41 Å². The molecule has 6 nitrogen and oxygen atoms in total. The Kier molecular flexibility index (Phi) is 6.42. The van der Waals surface area contributed by atoms with E-state index in [0.29, 0.717) is 19.7 Å². The van der Waals surface area contributed by atoms with E-state index in [1.54, 1.807) is 7.11 Å². The number of amides is 1. The Morgan fingerprint density at radius 1 is 1.45 bits per heavy atom. The minimum Gasteiger partial charge on any atom is -0.385 e. The summed E-state index contributed by atoms with van der Waals surface area (Å²) >= 11 is 0. The molecule has 1 aliphatic heterocycles. The Labute approximate surface area is 121 Å². The molecule has 0 spiro atoms. The molecule has 0 aromatic rings. The molecule has 1 unspecified atom stereocenters. The lowest BCUT2D eigenvalue weighted by Crippen LogP contribution is -2.48. The molecule has 1 saturated heterocycles. The van der Waals surface area contributed by atoms with Crippen LogP contribution in [0.4, 0.5) is 0 Å². The number of carbonyl (C=O) groups excluding carboxylic acids is 1.